The minimum absolute atomic E-state index is 0.0877. The normalized spacial score (nSPS) is 12.4. The molecule has 208 valence electrons. The van der Waals surface area contributed by atoms with Gasteiger partial charge in [-0.05, 0) is 98.2 Å². The van der Waals surface area contributed by atoms with Crippen LogP contribution in [0.2, 0.25) is 0 Å². The van der Waals surface area contributed by atoms with Crippen LogP contribution in [0, 0.1) is 3.57 Å². The summed E-state index contributed by atoms with van der Waals surface area (Å²) in [6.07, 6.45) is 0.915. The summed E-state index contributed by atoms with van der Waals surface area (Å²) in [6, 6.07) is 24.0. The van der Waals surface area contributed by atoms with Crippen molar-refractivity contribution in [2.24, 2.45) is 0 Å². The second-order valence-corrected chi connectivity index (χ2v) is 13.4. The zero-order chi connectivity index (χ0) is 28.6. The van der Waals surface area contributed by atoms with Crippen LogP contribution in [0.3, 0.4) is 0 Å². The second-order valence-electron chi connectivity index (χ2n) is 10.3. The molecule has 2 amide bonds. The Labute approximate surface area is 245 Å². The number of nitrogens with one attached hydrogen (secondary N) is 1. The van der Waals surface area contributed by atoms with Gasteiger partial charge in [0.15, 0.2) is 0 Å². The third-order valence-corrected chi connectivity index (χ3v) is 8.60. The van der Waals surface area contributed by atoms with Gasteiger partial charge in [0.05, 0.1) is 10.6 Å². The Morgan fingerprint density at radius 2 is 1.46 bits per heavy atom. The average Bonchev–Trinajstić information content (AvgIpc) is 2.90. The van der Waals surface area contributed by atoms with Gasteiger partial charge in [-0.1, -0.05) is 55.5 Å². The first-order valence-corrected chi connectivity index (χ1v) is 15.4. The van der Waals surface area contributed by atoms with E-state index in [1.54, 1.807) is 42.5 Å². The summed E-state index contributed by atoms with van der Waals surface area (Å²) in [5.41, 5.74) is 0.915. The molecule has 0 saturated heterocycles. The highest BCUT2D eigenvalue weighted by Crippen LogP contribution is 2.25. The van der Waals surface area contributed by atoms with Crippen molar-refractivity contribution in [3.63, 3.8) is 0 Å². The zero-order valence-corrected chi connectivity index (χ0v) is 25.8. The standard InChI is InChI=1S/C30H36IN3O4S/c1-5-27(29(36)32-30(2,3)4)33(21-20-23-12-8-6-9-13-23)28(35)22-34(25-18-16-24(31)17-19-25)39(37,38)26-14-10-7-11-15-26/h6-19,27H,5,20-22H2,1-4H3,(H,32,36)/t27-/m0/s1. The van der Waals surface area contributed by atoms with Gasteiger partial charge < -0.3 is 10.2 Å². The highest BCUT2D eigenvalue weighted by Gasteiger charge is 2.34. The van der Waals surface area contributed by atoms with Crippen LogP contribution in [0.4, 0.5) is 5.69 Å². The van der Waals surface area contributed by atoms with Crippen LogP contribution in [0.5, 0.6) is 0 Å². The number of sulfonamides is 1. The zero-order valence-electron chi connectivity index (χ0n) is 22.8. The molecular formula is C30H36IN3O4S. The molecule has 0 bridgehead atoms. The molecule has 0 aliphatic carbocycles. The van der Waals surface area contributed by atoms with E-state index in [0.717, 1.165) is 13.4 Å². The number of rotatable bonds is 11. The fraction of sp³-hybridized carbons (Fsp3) is 0.333. The fourth-order valence-corrected chi connectivity index (χ4v) is 6.00. The number of nitrogens with zero attached hydrogens (tertiary/aromatic N) is 2. The maximum absolute atomic E-state index is 14.0. The van der Waals surface area contributed by atoms with Crippen molar-refractivity contribution in [3.05, 3.63) is 94.1 Å². The van der Waals surface area contributed by atoms with Crippen molar-refractivity contribution in [1.82, 2.24) is 10.2 Å². The number of amides is 2. The summed E-state index contributed by atoms with van der Waals surface area (Å²) in [7, 11) is -4.06. The Bertz CT molecular complexity index is 1340. The van der Waals surface area contributed by atoms with Gasteiger partial charge in [0.2, 0.25) is 11.8 Å². The number of anilines is 1. The fourth-order valence-electron chi connectivity index (χ4n) is 4.20. The van der Waals surface area contributed by atoms with Gasteiger partial charge in [0.1, 0.15) is 12.6 Å². The highest BCUT2D eigenvalue weighted by molar-refractivity contribution is 14.1. The average molecular weight is 662 g/mol. The van der Waals surface area contributed by atoms with E-state index in [1.165, 1.54) is 17.0 Å². The van der Waals surface area contributed by atoms with E-state index in [9.17, 15) is 18.0 Å². The van der Waals surface area contributed by atoms with Gasteiger partial charge >= 0.3 is 0 Å². The van der Waals surface area contributed by atoms with E-state index >= 15 is 0 Å². The lowest BCUT2D eigenvalue weighted by molar-refractivity contribution is -0.140. The highest BCUT2D eigenvalue weighted by atomic mass is 127. The molecule has 0 radical (unpaired) electrons. The maximum Gasteiger partial charge on any atom is 0.264 e. The first-order chi connectivity index (χ1) is 18.4. The van der Waals surface area contributed by atoms with Crippen LogP contribution >= 0.6 is 22.6 Å². The molecule has 39 heavy (non-hydrogen) atoms. The summed E-state index contributed by atoms with van der Waals surface area (Å²) >= 11 is 2.15. The summed E-state index contributed by atoms with van der Waals surface area (Å²) in [5, 5.41) is 2.99. The van der Waals surface area contributed by atoms with Gasteiger partial charge in [0.25, 0.3) is 10.0 Å². The maximum atomic E-state index is 14.0. The molecule has 3 aromatic rings. The SMILES string of the molecule is CC[C@@H](C(=O)NC(C)(C)C)N(CCc1ccccc1)C(=O)CN(c1ccc(I)cc1)S(=O)(=O)c1ccccc1. The van der Waals surface area contributed by atoms with Crippen molar-refractivity contribution >= 4 is 50.1 Å². The number of hydrogen-bond acceptors (Lipinski definition) is 4. The summed E-state index contributed by atoms with van der Waals surface area (Å²) in [6.45, 7) is 7.35. The number of hydrogen-bond donors (Lipinski definition) is 1. The number of benzene rings is 3. The molecule has 1 N–H and O–H groups in total. The Morgan fingerprint density at radius 3 is 2.00 bits per heavy atom. The lowest BCUT2D eigenvalue weighted by Crippen LogP contribution is -2.56. The molecule has 0 saturated carbocycles. The van der Waals surface area contributed by atoms with E-state index < -0.39 is 34.1 Å². The van der Waals surface area contributed by atoms with Crippen molar-refractivity contribution in [2.75, 3.05) is 17.4 Å². The molecule has 0 aromatic heterocycles. The van der Waals surface area contributed by atoms with Crippen LogP contribution in [0.1, 0.15) is 39.7 Å². The second kappa shape index (κ2) is 13.4. The molecule has 3 rings (SSSR count). The van der Waals surface area contributed by atoms with E-state index in [1.807, 2.05) is 58.0 Å². The van der Waals surface area contributed by atoms with Gasteiger partial charge in [0, 0.05) is 15.7 Å². The van der Waals surface area contributed by atoms with Crippen LogP contribution in [0.25, 0.3) is 0 Å². The molecule has 0 fully saturated rings. The molecule has 0 aliphatic heterocycles. The monoisotopic (exact) mass is 661 g/mol. The Hall–Kier alpha value is -2.92. The van der Waals surface area contributed by atoms with Crippen LogP contribution in [-0.4, -0.2) is 49.8 Å². The predicted molar refractivity (Wildman–Crippen MR) is 164 cm³/mol. The molecule has 1 atom stereocenters. The van der Waals surface area contributed by atoms with E-state index in [0.29, 0.717) is 18.5 Å². The van der Waals surface area contributed by atoms with E-state index in [2.05, 4.69) is 27.9 Å². The van der Waals surface area contributed by atoms with Gasteiger partial charge in [-0.2, -0.15) is 0 Å². The van der Waals surface area contributed by atoms with Crippen molar-refractivity contribution in [2.45, 2.75) is 57.0 Å². The number of halogens is 1. The first-order valence-electron chi connectivity index (χ1n) is 12.9. The third kappa shape index (κ3) is 8.53. The van der Waals surface area contributed by atoms with Crippen LogP contribution < -0.4 is 9.62 Å². The lowest BCUT2D eigenvalue weighted by atomic mass is 10.1. The van der Waals surface area contributed by atoms with Crippen LogP contribution in [-0.2, 0) is 26.0 Å². The number of carbonyl (C=O) groups excluding carboxylic acids is 2. The molecule has 7 nitrogen and oxygen atoms in total. The first kappa shape index (κ1) is 30.6. The minimum atomic E-state index is -4.06. The third-order valence-electron chi connectivity index (χ3n) is 6.09. The van der Waals surface area contributed by atoms with Crippen molar-refractivity contribution in [3.8, 4) is 0 Å². The predicted octanol–water partition coefficient (Wildman–Crippen LogP) is 5.25. The molecular weight excluding hydrogens is 625 g/mol. The van der Waals surface area contributed by atoms with E-state index in [-0.39, 0.29) is 17.3 Å². The molecule has 0 unspecified atom stereocenters. The topological polar surface area (TPSA) is 86.8 Å². The molecule has 9 heteroatoms. The Kier molecular flexibility index (Phi) is 10.5. The largest absolute Gasteiger partial charge is 0.350 e. The summed E-state index contributed by atoms with van der Waals surface area (Å²) in [5.74, 6) is -0.710. The molecule has 0 spiro atoms. The number of carbonyl (C=O) groups is 2. The van der Waals surface area contributed by atoms with Crippen molar-refractivity contribution < 1.29 is 18.0 Å². The van der Waals surface area contributed by atoms with Gasteiger partial charge in [-0.15, -0.1) is 0 Å². The Balaban J connectivity index is 2.00. The molecule has 0 heterocycles. The van der Waals surface area contributed by atoms with Crippen molar-refractivity contribution in [1.29, 1.82) is 0 Å². The van der Waals surface area contributed by atoms with Gasteiger partial charge in [-0.3, -0.25) is 13.9 Å². The Morgan fingerprint density at radius 1 is 0.897 bits per heavy atom. The quantitative estimate of drug-likeness (QED) is 0.285. The minimum Gasteiger partial charge on any atom is -0.350 e. The van der Waals surface area contributed by atoms with E-state index in [4.69, 9.17) is 0 Å². The van der Waals surface area contributed by atoms with Gasteiger partial charge in [-0.25, -0.2) is 8.42 Å². The lowest BCUT2D eigenvalue weighted by Gasteiger charge is -2.34. The molecule has 3 aromatic carbocycles. The summed E-state index contributed by atoms with van der Waals surface area (Å²) < 4.78 is 29.6. The molecule has 0 aliphatic rings. The summed E-state index contributed by atoms with van der Waals surface area (Å²) in [4.78, 5) is 28.9. The smallest absolute Gasteiger partial charge is 0.264 e. The van der Waals surface area contributed by atoms with Crippen LogP contribution in [0.15, 0.2) is 89.8 Å².